The summed E-state index contributed by atoms with van der Waals surface area (Å²) in [6.07, 6.45) is 1.54. The van der Waals surface area contributed by atoms with Crippen LogP contribution in [0.1, 0.15) is 27.7 Å². The number of rotatable bonds is 3. The second-order valence-electron chi connectivity index (χ2n) is 4.91. The third-order valence-corrected chi connectivity index (χ3v) is 1.93. The summed E-state index contributed by atoms with van der Waals surface area (Å²) < 4.78 is 0. The highest BCUT2D eigenvalue weighted by Gasteiger charge is 2.19. The molecule has 1 rings (SSSR count). The predicted octanol–water partition coefficient (Wildman–Crippen LogP) is 0.774. The molecule has 0 saturated heterocycles. The molecule has 1 aromatic rings. The van der Waals surface area contributed by atoms with E-state index >= 15 is 0 Å². The maximum Gasteiger partial charge on any atom is 0.242 e. The van der Waals surface area contributed by atoms with Gasteiger partial charge in [-0.25, -0.2) is 4.98 Å². The Kier molecular flexibility index (Phi) is 3.88. The first kappa shape index (κ1) is 13.2. The minimum absolute atomic E-state index is 0.0883. The van der Waals surface area contributed by atoms with Crippen LogP contribution in [-0.2, 0) is 4.79 Å². The quantitative estimate of drug-likeness (QED) is 0.722. The Balaban J connectivity index is 2.60. The average Bonchev–Trinajstić information content (AvgIpc) is 2.14. The van der Waals surface area contributed by atoms with Crippen molar-refractivity contribution in [2.24, 2.45) is 0 Å². The summed E-state index contributed by atoms with van der Waals surface area (Å²) in [5, 5.41) is 5.84. The van der Waals surface area contributed by atoms with Crippen molar-refractivity contribution in [3.8, 4) is 0 Å². The number of nitrogens with two attached hydrogens (primary N) is 1. The molecule has 6 heteroatoms. The summed E-state index contributed by atoms with van der Waals surface area (Å²) in [7, 11) is 0. The van der Waals surface area contributed by atoms with Crippen molar-refractivity contribution in [2.75, 3.05) is 11.1 Å². The molecule has 1 heterocycles. The zero-order chi connectivity index (χ0) is 13.1. The van der Waals surface area contributed by atoms with Gasteiger partial charge in [0.1, 0.15) is 11.9 Å². The molecule has 17 heavy (non-hydrogen) atoms. The number of carbonyl (C=O) groups excluding carboxylic acids is 1. The number of carbonyl (C=O) groups is 1. The molecule has 0 aliphatic rings. The summed E-state index contributed by atoms with van der Waals surface area (Å²) >= 11 is 0. The highest BCUT2D eigenvalue weighted by atomic mass is 16.2. The molecule has 0 spiro atoms. The van der Waals surface area contributed by atoms with E-state index in [4.69, 9.17) is 5.73 Å². The van der Waals surface area contributed by atoms with E-state index in [9.17, 15) is 4.79 Å². The highest BCUT2D eigenvalue weighted by molar-refractivity contribution is 5.84. The molecule has 94 valence electrons. The van der Waals surface area contributed by atoms with Gasteiger partial charge in [-0.3, -0.25) is 4.79 Å². The second kappa shape index (κ2) is 4.99. The molecule has 0 aliphatic heterocycles. The maximum atomic E-state index is 11.8. The van der Waals surface area contributed by atoms with Crippen LogP contribution < -0.4 is 16.4 Å². The van der Waals surface area contributed by atoms with Gasteiger partial charge in [0.05, 0.1) is 0 Å². The molecule has 0 aliphatic carbocycles. The maximum absolute atomic E-state index is 11.8. The standard InChI is InChI=1S/C11H19N5O/c1-7(9(17)16-11(2,3)4)14-8-5-6-13-10(12)15-8/h5-7H,1-4H3,(H,16,17)(H3,12,13,14,15). The van der Waals surface area contributed by atoms with Crippen molar-refractivity contribution >= 4 is 17.7 Å². The van der Waals surface area contributed by atoms with E-state index < -0.39 is 0 Å². The number of anilines is 2. The third-order valence-electron chi connectivity index (χ3n) is 1.93. The van der Waals surface area contributed by atoms with Gasteiger partial charge in [-0.05, 0) is 33.8 Å². The van der Waals surface area contributed by atoms with E-state index in [-0.39, 0.29) is 23.4 Å². The fraction of sp³-hybridized carbons (Fsp3) is 0.545. The smallest absolute Gasteiger partial charge is 0.242 e. The Morgan fingerprint density at radius 1 is 1.47 bits per heavy atom. The molecule has 1 atom stereocenters. The van der Waals surface area contributed by atoms with Gasteiger partial charge in [0, 0.05) is 11.7 Å². The Morgan fingerprint density at radius 3 is 2.65 bits per heavy atom. The van der Waals surface area contributed by atoms with E-state index in [1.54, 1.807) is 19.2 Å². The fourth-order valence-corrected chi connectivity index (χ4v) is 1.22. The lowest BCUT2D eigenvalue weighted by Gasteiger charge is -2.23. The van der Waals surface area contributed by atoms with Crippen molar-refractivity contribution < 1.29 is 4.79 Å². The van der Waals surface area contributed by atoms with Crippen molar-refractivity contribution in [3.05, 3.63) is 12.3 Å². The van der Waals surface area contributed by atoms with Crippen molar-refractivity contribution in [1.82, 2.24) is 15.3 Å². The summed E-state index contributed by atoms with van der Waals surface area (Å²) in [6, 6.07) is 1.28. The molecule has 1 unspecified atom stereocenters. The van der Waals surface area contributed by atoms with Crippen LogP contribution in [-0.4, -0.2) is 27.5 Å². The summed E-state index contributed by atoms with van der Waals surface area (Å²) in [5.41, 5.74) is 5.20. The number of amides is 1. The molecule has 0 fully saturated rings. The lowest BCUT2D eigenvalue weighted by Crippen LogP contribution is -2.47. The van der Waals surface area contributed by atoms with Gasteiger partial charge < -0.3 is 16.4 Å². The van der Waals surface area contributed by atoms with Gasteiger partial charge in [-0.1, -0.05) is 0 Å². The van der Waals surface area contributed by atoms with Gasteiger partial charge in [0.15, 0.2) is 0 Å². The first-order chi connectivity index (χ1) is 7.78. The molecule has 0 aromatic carbocycles. The first-order valence-corrected chi connectivity index (χ1v) is 5.45. The highest BCUT2D eigenvalue weighted by Crippen LogP contribution is 2.06. The molecule has 0 saturated carbocycles. The summed E-state index contributed by atoms with van der Waals surface area (Å²) in [6.45, 7) is 7.56. The minimum atomic E-state index is -0.386. The SMILES string of the molecule is CC(Nc1ccnc(N)n1)C(=O)NC(C)(C)C. The van der Waals surface area contributed by atoms with Crippen LogP contribution in [0.5, 0.6) is 0 Å². The minimum Gasteiger partial charge on any atom is -0.368 e. The average molecular weight is 237 g/mol. The molecule has 1 amide bonds. The van der Waals surface area contributed by atoms with E-state index in [2.05, 4.69) is 20.6 Å². The summed E-state index contributed by atoms with van der Waals surface area (Å²) in [5.74, 6) is 0.627. The van der Waals surface area contributed by atoms with Crippen LogP contribution in [0.3, 0.4) is 0 Å². The molecular formula is C11H19N5O. The molecule has 1 aromatic heterocycles. The Bertz CT molecular complexity index is 399. The molecule has 4 N–H and O–H groups in total. The van der Waals surface area contributed by atoms with Gasteiger partial charge in [-0.2, -0.15) is 4.98 Å². The second-order valence-corrected chi connectivity index (χ2v) is 4.91. The van der Waals surface area contributed by atoms with E-state index in [0.717, 1.165) is 0 Å². The third kappa shape index (κ3) is 4.67. The van der Waals surface area contributed by atoms with Crippen LogP contribution in [0, 0.1) is 0 Å². The first-order valence-electron chi connectivity index (χ1n) is 5.45. The van der Waals surface area contributed by atoms with Gasteiger partial charge >= 0.3 is 0 Å². The lowest BCUT2D eigenvalue weighted by atomic mass is 10.1. The molecule has 0 radical (unpaired) electrons. The Labute approximate surface area is 101 Å². The van der Waals surface area contributed by atoms with Crippen molar-refractivity contribution in [1.29, 1.82) is 0 Å². The number of nitrogens with zero attached hydrogens (tertiary/aromatic N) is 2. The number of nitrogens with one attached hydrogen (secondary N) is 2. The molecular weight excluding hydrogens is 218 g/mol. The van der Waals surface area contributed by atoms with Gasteiger partial charge in [0.2, 0.25) is 11.9 Å². The van der Waals surface area contributed by atoms with Crippen LogP contribution in [0.4, 0.5) is 11.8 Å². The topological polar surface area (TPSA) is 92.9 Å². The predicted molar refractivity (Wildman–Crippen MR) is 67.4 cm³/mol. The van der Waals surface area contributed by atoms with Crippen LogP contribution in [0.2, 0.25) is 0 Å². The van der Waals surface area contributed by atoms with Crippen LogP contribution in [0.15, 0.2) is 12.3 Å². The van der Waals surface area contributed by atoms with Crippen LogP contribution in [0.25, 0.3) is 0 Å². The lowest BCUT2D eigenvalue weighted by molar-refractivity contribution is -0.122. The fourth-order valence-electron chi connectivity index (χ4n) is 1.22. The van der Waals surface area contributed by atoms with E-state index in [0.29, 0.717) is 5.82 Å². The summed E-state index contributed by atoms with van der Waals surface area (Å²) in [4.78, 5) is 19.5. The van der Waals surface area contributed by atoms with E-state index in [1.807, 2.05) is 20.8 Å². The van der Waals surface area contributed by atoms with Gasteiger partial charge in [0.25, 0.3) is 0 Å². The Morgan fingerprint density at radius 2 is 2.12 bits per heavy atom. The zero-order valence-corrected chi connectivity index (χ0v) is 10.6. The molecule has 0 bridgehead atoms. The van der Waals surface area contributed by atoms with Crippen LogP contribution >= 0.6 is 0 Å². The van der Waals surface area contributed by atoms with Crippen molar-refractivity contribution in [3.63, 3.8) is 0 Å². The Hall–Kier alpha value is -1.85. The monoisotopic (exact) mass is 237 g/mol. The zero-order valence-electron chi connectivity index (χ0n) is 10.6. The number of hydrogen-bond acceptors (Lipinski definition) is 5. The number of nitrogen functional groups attached to an aromatic ring is 1. The van der Waals surface area contributed by atoms with Crippen molar-refractivity contribution in [2.45, 2.75) is 39.3 Å². The normalized spacial score (nSPS) is 12.9. The van der Waals surface area contributed by atoms with Gasteiger partial charge in [-0.15, -0.1) is 0 Å². The van der Waals surface area contributed by atoms with E-state index in [1.165, 1.54) is 0 Å². The molecule has 6 nitrogen and oxygen atoms in total. The number of hydrogen-bond donors (Lipinski definition) is 3. The largest absolute Gasteiger partial charge is 0.368 e. The number of aromatic nitrogens is 2.